The van der Waals surface area contributed by atoms with Crippen molar-refractivity contribution in [2.75, 3.05) is 18.4 Å². The maximum absolute atomic E-state index is 12.2. The van der Waals surface area contributed by atoms with Crippen LogP contribution in [0.4, 0.5) is 5.69 Å². The van der Waals surface area contributed by atoms with Crippen molar-refractivity contribution in [3.8, 4) is 0 Å². The van der Waals surface area contributed by atoms with E-state index in [1.165, 1.54) is 0 Å². The Kier molecular flexibility index (Phi) is 3.66. The molecule has 2 aliphatic rings. The Labute approximate surface area is 123 Å². The van der Waals surface area contributed by atoms with Gasteiger partial charge in [0.15, 0.2) is 0 Å². The topological polar surface area (TPSA) is 49.4 Å². The lowest BCUT2D eigenvalue weighted by Crippen LogP contribution is -2.30. The number of likely N-dealkylation sites (tertiary alicyclic amines) is 1. The van der Waals surface area contributed by atoms with Crippen molar-refractivity contribution in [1.82, 2.24) is 4.90 Å². The molecule has 1 aliphatic carbocycles. The molecule has 20 heavy (non-hydrogen) atoms. The third kappa shape index (κ3) is 2.80. The molecule has 0 aromatic heterocycles. The van der Waals surface area contributed by atoms with Crippen LogP contribution in [-0.4, -0.2) is 29.8 Å². The van der Waals surface area contributed by atoms with Crippen molar-refractivity contribution in [3.63, 3.8) is 0 Å². The molecule has 106 valence electrons. The van der Waals surface area contributed by atoms with Gasteiger partial charge >= 0.3 is 0 Å². The van der Waals surface area contributed by atoms with E-state index in [9.17, 15) is 9.59 Å². The lowest BCUT2D eigenvalue weighted by molar-refractivity contribution is -0.133. The van der Waals surface area contributed by atoms with Gasteiger partial charge in [-0.15, -0.1) is 0 Å². The number of nitrogens with one attached hydrogen (secondary N) is 1. The molecule has 0 radical (unpaired) electrons. The SMILES string of the molecule is O=C(Nc1cccc(Cl)c1)C1CC1C(=O)N1CCCC1. The van der Waals surface area contributed by atoms with Crippen LogP contribution in [0.25, 0.3) is 0 Å². The molecule has 2 fully saturated rings. The van der Waals surface area contributed by atoms with E-state index >= 15 is 0 Å². The lowest BCUT2D eigenvalue weighted by atomic mass is 10.2. The van der Waals surface area contributed by atoms with E-state index < -0.39 is 0 Å². The quantitative estimate of drug-likeness (QED) is 0.931. The number of benzene rings is 1. The van der Waals surface area contributed by atoms with Gasteiger partial charge in [0.25, 0.3) is 0 Å². The van der Waals surface area contributed by atoms with Gasteiger partial charge in [-0.2, -0.15) is 0 Å². The fourth-order valence-electron chi connectivity index (χ4n) is 2.73. The summed E-state index contributed by atoms with van der Waals surface area (Å²) >= 11 is 5.88. The van der Waals surface area contributed by atoms with Crippen molar-refractivity contribution in [3.05, 3.63) is 29.3 Å². The van der Waals surface area contributed by atoms with Crippen LogP contribution in [0.3, 0.4) is 0 Å². The third-order valence-electron chi connectivity index (χ3n) is 3.95. The molecule has 1 saturated carbocycles. The van der Waals surface area contributed by atoms with Crippen LogP contribution in [0, 0.1) is 11.8 Å². The molecule has 2 unspecified atom stereocenters. The first-order valence-corrected chi connectivity index (χ1v) is 7.38. The Balaban J connectivity index is 1.56. The summed E-state index contributed by atoms with van der Waals surface area (Å²) in [5.74, 6) is -0.229. The fraction of sp³-hybridized carbons (Fsp3) is 0.467. The molecule has 2 atom stereocenters. The van der Waals surface area contributed by atoms with Gasteiger partial charge in [-0.3, -0.25) is 9.59 Å². The molecular weight excluding hydrogens is 276 g/mol. The Morgan fingerprint density at radius 3 is 2.65 bits per heavy atom. The highest BCUT2D eigenvalue weighted by Gasteiger charge is 2.49. The van der Waals surface area contributed by atoms with Crippen molar-refractivity contribution in [2.24, 2.45) is 11.8 Å². The summed E-state index contributed by atoms with van der Waals surface area (Å²) in [7, 11) is 0. The van der Waals surface area contributed by atoms with Crippen LogP contribution >= 0.6 is 11.6 Å². The molecule has 0 bridgehead atoms. The molecule has 1 N–H and O–H groups in total. The summed E-state index contributed by atoms with van der Waals surface area (Å²) in [6.07, 6.45) is 2.83. The maximum atomic E-state index is 12.2. The van der Waals surface area contributed by atoms with Crippen LogP contribution in [0.1, 0.15) is 19.3 Å². The van der Waals surface area contributed by atoms with Crippen molar-refractivity contribution < 1.29 is 9.59 Å². The summed E-state index contributed by atoms with van der Waals surface area (Å²) in [4.78, 5) is 26.1. The number of carbonyl (C=O) groups is 2. The minimum absolute atomic E-state index is 0.0789. The van der Waals surface area contributed by atoms with Gasteiger partial charge in [-0.05, 0) is 37.5 Å². The zero-order valence-corrected chi connectivity index (χ0v) is 11.9. The van der Waals surface area contributed by atoms with Crippen LogP contribution < -0.4 is 5.32 Å². The van der Waals surface area contributed by atoms with Gasteiger partial charge in [-0.25, -0.2) is 0 Å². The normalized spacial score (nSPS) is 24.6. The van der Waals surface area contributed by atoms with E-state index in [1.807, 2.05) is 4.90 Å². The number of rotatable bonds is 3. The van der Waals surface area contributed by atoms with E-state index in [0.717, 1.165) is 25.9 Å². The third-order valence-corrected chi connectivity index (χ3v) is 4.19. The van der Waals surface area contributed by atoms with Crippen LogP contribution in [-0.2, 0) is 9.59 Å². The van der Waals surface area contributed by atoms with E-state index in [0.29, 0.717) is 17.1 Å². The smallest absolute Gasteiger partial charge is 0.228 e. The molecular formula is C15H17ClN2O2. The average Bonchev–Trinajstić information content (AvgIpc) is 3.04. The maximum Gasteiger partial charge on any atom is 0.228 e. The fourth-order valence-corrected chi connectivity index (χ4v) is 2.92. The Bertz CT molecular complexity index is 540. The van der Waals surface area contributed by atoms with Gasteiger partial charge in [0.05, 0.1) is 11.8 Å². The summed E-state index contributed by atoms with van der Waals surface area (Å²) in [5, 5.41) is 3.41. The molecule has 4 nitrogen and oxygen atoms in total. The predicted molar refractivity (Wildman–Crippen MR) is 77.5 cm³/mol. The first-order chi connectivity index (χ1) is 9.65. The molecule has 1 aromatic carbocycles. The molecule has 3 rings (SSSR count). The Morgan fingerprint density at radius 2 is 1.95 bits per heavy atom. The summed E-state index contributed by atoms with van der Waals surface area (Å²) in [5.41, 5.74) is 0.682. The van der Waals surface area contributed by atoms with Gasteiger partial charge in [0.2, 0.25) is 11.8 Å². The van der Waals surface area contributed by atoms with Crippen LogP contribution in [0.2, 0.25) is 5.02 Å². The minimum atomic E-state index is -0.179. The standard InChI is InChI=1S/C15H17ClN2O2/c16-10-4-3-5-11(8-10)17-14(19)12-9-13(12)15(20)18-6-1-2-7-18/h3-5,8,12-13H,1-2,6-7,9H2,(H,17,19). The highest BCUT2D eigenvalue weighted by atomic mass is 35.5. The number of anilines is 1. The molecule has 5 heteroatoms. The van der Waals surface area contributed by atoms with Gasteiger partial charge in [0, 0.05) is 23.8 Å². The second-order valence-corrected chi connectivity index (χ2v) is 5.92. The largest absolute Gasteiger partial charge is 0.342 e. The van der Waals surface area contributed by atoms with E-state index in [1.54, 1.807) is 24.3 Å². The Morgan fingerprint density at radius 1 is 1.20 bits per heavy atom. The summed E-state index contributed by atoms with van der Waals surface area (Å²) in [6.45, 7) is 1.69. The van der Waals surface area contributed by atoms with E-state index in [2.05, 4.69) is 5.32 Å². The number of amides is 2. The first-order valence-electron chi connectivity index (χ1n) is 7.00. The second-order valence-electron chi connectivity index (χ2n) is 5.48. The second kappa shape index (κ2) is 5.44. The number of hydrogen-bond acceptors (Lipinski definition) is 2. The Hall–Kier alpha value is -1.55. The predicted octanol–water partition coefficient (Wildman–Crippen LogP) is 2.54. The van der Waals surface area contributed by atoms with Gasteiger partial charge in [-0.1, -0.05) is 17.7 Å². The molecule has 2 amide bonds. The van der Waals surface area contributed by atoms with Crippen LogP contribution in [0.15, 0.2) is 24.3 Å². The minimum Gasteiger partial charge on any atom is -0.342 e. The zero-order chi connectivity index (χ0) is 14.1. The van der Waals surface area contributed by atoms with Crippen molar-refractivity contribution in [1.29, 1.82) is 0 Å². The highest BCUT2D eigenvalue weighted by Crippen LogP contribution is 2.41. The number of carbonyl (C=O) groups excluding carboxylic acids is 2. The van der Waals surface area contributed by atoms with Crippen molar-refractivity contribution in [2.45, 2.75) is 19.3 Å². The molecule has 1 heterocycles. The highest BCUT2D eigenvalue weighted by molar-refractivity contribution is 6.30. The summed E-state index contributed by atoms with van der Waals surface area (Å²) in [6, 6.07) is 7.05. The average molecular weight is 293 g/mol. The number of hydrogen-bond donors (Lipinski definition) is 1. The monoisotopic (exact) mass is 292 g/mol. The molecule has 1 saturated heterocycles. The van der Waals surface area contributed by atoms with Gasteiger partial charge < -0.3 is 10.2 Å². The van der Waals surface area contributed by atoms with Crippen molar-refractivity contribution >= 4 is 29.1 Å². The van der Waals surface area contributed by atoms with E-state index in [4.69, 9.17) is 11.6 Å². The molecule has 1 aromatic rings. The van der Waals surface area contributed by atoms with E-state index in [-0.39, 0.29) is 23.7 Å². The van der Waals surface area contributed by atoms with Gasteiger partial charge in [0.1, 0.15) is 0 Å². The molecule has 1 aliphatic heterocycles. The summed E-state index contributed by atoms with van der Waals surface area (Å²) < 4.78 is 0. The zero-order valence-electron chi connectivity index (χ0n) is 11.1. The number of halogens is 1. The first kappa shape index (κ1) is 13.4. The lowest BCUT2D eigenvalue weighted by Gasteiger charge is -2.14. The van der Waals surface area contributed by atoms with Crippen LogP contribution in [0.5, 0.6) is 0 Å². The number of nitrogens with zero attached hydrogens (tertiary/aromatic N) is 1. The molecule has 0 spiro atoms.